The SMILES string of the molecule is Cc1cc(Br)ccc1S(=O)(=O)Nc1ccc(Oc2ccc3cc(C(=O)N4CCN(Cc5ccc(OCC(F)(F)F)cc5)CC4)n(C)c3c2)nc1. The van der Waals surface area contributed by atoms with Crippen molar-refractivity contribution in [1.29, 1.82) is 0 Å². The molecular formula is C35H33BrF3N5O5S. The van der Waals surface area contributed by atoms with E-state index in [2.05, 4.69) is 30.5 Å². The zero-order valence-corrected chi connectivity index (χ0v) is 29.5. The van der Waals surface area contributed by atoms with Gasteiger partial charge in [-0.05, 0) is 72.6 Å². The molecule has 0 aliphatic carbocycles. The van der Waals surface area contributed by atoms with Crippen molar-refractivity contribution in [1.82, 2.24) is 19.4 Å². The summed E-state index contributed by atoms with van der Waals surface area (Å²) in [4.78, 5) is 22.0. The smallest absolute Gasteiger partial charge is 0.422 e. The van der Waals surface area contributed by atoms with Crippen LogP contribution in [-0.4, -0.2) is 72.6 Å². The number of aromatic nitrogens is 2. The maximum atomic E-state index is 13.6. The maximum Gasteiger partial charge on any atom is 0.422 e. The van der Waals surface area contributed by atoms with Gasteiger partial charge in [-0.2, -0.15) is 13.2 Å². The lowest BCUT2D eigenvalue weighted by atomic mass is 10.2. The Balaban J connectivity index is 1.04. The molecule has 1 saturated heterocycles. The molecule has 1 fully saturated rings. The number of rotatable bonds is 10. The number of ether oxygens (including phenoxy) is 2. The number of nitrogens with one attached hydrogen (secondary N) is 1. The number of amides is 1. The Morgan fingerprint density at radius 2 is 1.66 bits per heavy atom. The van der Waals surface area contributed by atoms with Crippen LogP contribution >= 0.6 is 15.9 Å². The predicted molar refractivity (Wildman–Crippen MR) is 186 cm³/mol. The van der Waals surface area contributed by atoms with Crippen LogP contribution in [0.15, 0.2) is 94.4 Å². The lowest BCUT2D eigenvalue weighted by molar-refractivity contribution is -0.153. The number of benzene rings is 3. The van der Waals surface area contributed by atoms with E-state index in [9.17, 15) is 26.4 Å². The zero-order chi connectivity index (χ0) is 35.6. The summed E-state index contributed by atoms with van der Waals surface area (Å²) in [6, 6.07) is 21.9. The van der Waals surface area contributed by atoms with Crippen molar-refractivity contribution in [3.8, 4) is 17.4 Å². The van der Waals surface area contributed by atoms with E-state index >= 15 is 0 Å². The van der Waals surface area contributed by atoms with Crippen molar-refractivity contribution in [2.45, 2.75) is 24.5 Å². The number of nitrogens with zero attached hydrogens (tertiary/aromatic N) is 4. The molecule has 1 aliphatic rings. The van der Waals surface area contributed by atoms with Gasteiger partial charge in [-0.25, -0.2) is 13.4 Å². The van der Waals surface area contributed by atoms with Crippen molar-refractivity contribution in [3.05, 3.63) is 106 Å². The van der Waals surface area contributed by atoms with Gasteiger partial charge in [-0.1, -0.05) is 28.1 Å². The topological polar surface area (TPSA) is 106 Å². The number of aryl methyl sites for hydroxylation is 2. The van der Waals surface area contributed by atoms with Crippen molar-refractivity contribution in [3.63, 3.8) is 0 Å². The van der Waals surface area contributed by atoms with Gasteiger partial charge in [0, 0.05) is 61.8 Å². The fourth-order valence-electron chi connectivity index (χ4n) is 5.71. The monoisotopic (exact) mass is 771 g/mol. The van der Waals surface area contributed by atoms with E-state index in [1.54, 1.807) is 49.4 Å². The number of pyridine rings is 1. The van der Waals surface area contributed by atoms with E-state index < -0.39 is 22.8 Å². The molecule has 0 spiro atoms. The predicted octanol–water partition coefficient (Wildman–Crippen LogP) is 7.14. The molecule has 262 valence electrons. The van der Waals surface area contributed by atoms with Crippen molar-refractivity contribution in [2.75, 3.05) is 37.5 Å². The normalized spacial score (nSPS) is 14.2. The lowest BCUT2D eigenvalue weighted by Crippen LogP contribution is -2.48. The molecule has 1 N–H and O–H groups in total. The Kier molecular flexibility index (Phi) is 10.1. The molecule has 2 aromatic heterocycles. The summed E-state index contributed by atoms with van der Waals surface area (Å²) in [6.07, 6.45) is -3.01. The van der Waals surface area contributed by atoms with Gasteiger partial charge in [-0.3, -0.25) is 14.4 Å². The van der Waals surface area contributed by atoms with E-state index in [4.69, 9.17) is 9.47 Å². The Labute approximate surface area is 295 Å². The number of sulfonamides is 1. The Morgan fingerprint density at radius 3 is 2.32 bits per heavy atom. The second-order valence-corrected chi connectivity index (χ2v) is 14.5. The van der Waals surface area contributed by atoms with Crippen LogP contribution in [0, 0.1) is 6.92 Å². The van der Waals surface area contributed by atoms with Gasteiger partial charge >= 0.3 is 6.18 Å². The Morgan fingerprint density at radius 1 is 0.940 bits per heavy atom. The standard InChI is InChI=1S/C35H33BrF3N5O5S/c1-23-17-26(36)6-11-32(23)50(46,47)41-27-7-12-33(40-20-27)49-29-10-5-25-18-31(42(2)30(25)19-29)34(45)44-15-13-43(14-16-44)21-24-3-8-28(9-4-24)48-22-35(37,38)39/h3-12,17-20,41H,13-16,21-22H2,1-2H3. The van der Waals surface area contributed by atoms with Gasteiger partial charge in [0.25, 0.3) is 15.9 Å². The first-order chi connectivity index (χ1) is 23.7. The van der Waals surface area contributed by atoms with Crippen LogP contribution in [0.2, 0.25) is 0 Å². The number of carbonyl (C=O) groups excluding carboxylic acids is 1. The fourth-order valence-corrected chi connectivity index (χ4v) is 7.46. The summed E-state index contributed by atoms with van der Waals surface area (Å²) in [5.41, 5.74) is 3.16. The first kappa shape index (κ1) is 35.2. The minimum absolute atomic E-state index is 0.0879. The molecule has 0 unspecified atom stereocenters. The number of halogens is 4. The average Bonchev–Trinajstić information content (AvgIpc) is 3.40. The zero-order valence-electron chi connectivity index (χ0n) is 27.1. The summed E-state index contributed by atoms with van der Waals surface area (Å²) >= 11 is 3.34. The number of hydrogen-bond acceptors (Lipinski definition) is 7. The number of hydrogen-bond donors (Lipinski definition) is 1. The van der Waals surface area contributed by atoms with E-state index in [1.165, 1.54) is 24.4 Å². The van der Waals surface area contributed by atoms with Crippen LogP contribution in [0.25, 0.3) is 10.9 Å². The number of anilines is 1. The first-order valence-electron chi connectivity index (χ1n) is 15.6. The molecule has 10 nitrogen and oxygen atoms in total. The highest BCUT2D eigenvalue weighted by Gasteiger charge is 2.28. The highest BCUT2D eigenvalue weighted by molar-refractivity contribution is 9.10. The lowest BCUT2D eigenvalue weighted by Gasteiger charge is -2.34. The summed E-state index contributed by atoms with van der Waals surface area (Å²) in [5, 5.41) is 0.866. The van der Waals surface area contributed by atoms with Gasteiger partial charge in [0.1, 0.15) is 17.2 Å². The molecule has 15 heteroatoms. The molecule has 1 amide bonds. The third-order valence-corrected chi connectivity index (χ3v) is 10.3. The highest BCUT2D eigenvalue weighted by atomic mass is 79.9. The van der Waals surface area contributed by atoms with E-state index in [-0.39, 0.29) is 28.1 Å². The molecule has 0 atom stereocenters. The van der Waals surface area contributed by atoms with Crippen LogP contribution in [0.4, 0.5) is 18.9 Å². The number of piperazine rings is 1. The molecule has 0 radical (unpaired) electrons. The second-order valence-electron chi connectivity index (χ2n) is 11.9. The molecule has 50 heavy (non-hydrogen) atoms. The first-order valence-corrected chi connectivity index (χ1v) is 17.8. The fraction of sp³-hybridized carbons (Fsp3) is 0.257. The largest absolute Gasteiger partial charge is 0.484 e. The van der Waals surface area contributed by atoms with E-state index in [0.717, 1.165) is 20.9 Å². The molecule has 5 aromatic rings. The quantitative estimate of drug-likeness (QED) is 0.161. The average molecular weight is 773 g/mol. The van der Waals surface area contributed by atoms with Crippen molar-refractivity contribution < 1.29 is 35.9 Å². The Hall–Kier alpha value is -4.60. The second kappa shape index (κ2) is 14.3. The van der Waals surface area contributed by atoms with Crippen LogP contribution < -0.4 is 14.2 Å². The molecule has 1 aliphatic heterocycles. The van der Waals surface area contributed by atoms with E-state index in [0.29, 0.717) is 49.7 Å². The minimum atomic E-state index is -4.39. The van der Waals surface area contributed by atoms with Gasteiger partial charge in [0.05, 0.1) is 22.3 Å². The summed E-state index contributed by atoms with van der Waals surface area (Å²) < 4.78 is 78.9. The molecule has 3 heterocycles. The van der Waals surface area contributed by atoms with Crippen LogP contribution in [0.3, 0.4) is 0 Å². The molecule has 0 bridgehead atoms. The van der Waals surface area contributed by atoms with Gasteiger partial charge in [0.2, 0.25) is 5.88 Å². The van der Waals surface area contributed by atoms with Crippen LogP contribution in [0.1, 0.15) is 21.6 Å². The summed E-state index contributed by atoms with van der Waals surface area (Å²) in [7, 11) is -1.99. The van der Waals surface area contributed by atoms with Crippen LogP contribution in [-0.2, 0) is 23.6 Å². The summed E-state index contributed by atoms with van der Waals surface area (Å²) in [6.45, 7) is 3.36. The highest BCUT2D eigenvalue weighted by Crippen LogP contribution is 2.29. The third kappa shape index (κ3) is 8.40. The Bertz CT molecular complexity index is 2120. The molecule has 3 aromatic carbocycles. The van der Waals surface area contributed by atoms with Gasteiger partial charge in [-0.15, -0.1) is 0 Å². The number of carbonyl (C=O) groups is 1. The molecule has 0 saturated carbocycles. The van der Waals surface area contributed by atoms with E-state index in [1.807, 2.05) is 34.7 Å². The van der Waals surface area contributed by atoms with Crippen molar-refractivity contribution >= 4 is 48.5 Å². The number of alkyl halides is 3. The van der Waals surface area contributed by atoms with Gasteiger partial charge < -0.3 is 18.9 Å². The third-order valence-electron chi connectivity index (χ3n) is 8.26. The molecular weight excluding hydrogens is 739 g/mol. The van der Waals surface area contributed by atoms with Crippen molar-refractivity contribution in [2.24, 2.45) is 7.05 Å². The number of fused-ring (bicyclic) bond motifs is 1. The summed E-state index contributed by atoms with van der Waals surface area (Å²) in [5.74, 6) is 0.838. The van der Waals surface area contributed by atoms with Gasteiger partial charge in [0.15, 0.2) is 6.61 Å². The maximum absolute atomic E-state index is 13.6. The molecule has 6 rings (SSSR count). The van der Waals surface area contributed by atoms with Crippen LogP contribution in [0.5, 0.6) is 17.4 Å². The minimum Gasteiger partial charge on any atom is -0.484 e.